The highest BCUT2D eigenvalue weighted by atomic mass is 32.1. The normalized spacial score (nSPS) is 19.0. The molecule has 0 radical (unpaired) electrons. The third-order valence-electron chi connectivity index (χ3n) is 3.26. The molecule has 0 saturated carbocycles. The number of para-hydroxylation sites is 1. The van der Waals surface area contributed by atoms with Crippen LogP contribution in [0.2, 0.25) is 0 Å². The van der Waals surface area contributed by atoms with Gasteiger partial charge in [-0.25, -0.2) is 13.2 Å². The van der Waals surface area contributed by atoms with Crippen LogP contribution < -0.4 is 4.90 Å². The minimum atomic E-state index is -2.61. The molecule has 1 aromatic rings. The summed E-state index contributed by atoms with van der Waals surface area (Å²) in [6.07, 6.45) is 0.229. The lowest BCUT2D eigenvalue weighted by molar-refractivity contribution is -0.0221. The number of nitrogens with zero attached hydrogens (tertiary/aromatic N) is 1. The Kier molecular flexibility index (Phi) is 4.10. The number of rotatable bonds is 3. The molecule has 5 heteroatoms. The predicted octanol–water partition coefficient (Wildman–Crippen LogP) is 3.53. The third kappa shape index (κ3) is 2.94. The van der Waals surface area contributed by atoms with E-state index in [2.05, 4.69) is 12.6 Å². The summed E-state index contributed by atoms with van der Waals surface area (Å²) in [4.78, 5) is 1.73. The first-order valence-electron chi connectivity index (χ1n) is 6.04. The van der Waals surface area contributed by atoms with E-state index in [1.54, 1.807) is 11.0 Å². The second-order valence-corrected chi connectivity index (χ2v) is 5.01. The lowest BCUT2D eigenvalue weighted by Gasteiger charge is -2.34. The third-order valence-corrected chi connectivity index (χ3v) is 3.49. The molecule has 1 aliphatic heterocycles. The minimum absolute atomic E-state index is 0.202. The van der Waals surface area contributed by atoms with E-state index in [0.29, 0.717) is 17.9 Å². The molecule has 100 valence electrons. The summed E-state index contributed by atoms with van der Waals surface area (Å²) in [6, 6.07) is 4.86. The Bertz CT molecular complexity index is 413. The zero-order valence-electron chi connectivity index (χ0n) is 10.0. The lowest BCUT2D eigenvalue weighted by atomic mass is 10.0. The van der Waals surface area contributed by atoms with Crippen LogP contribution in [-0.2, 0) is 6.42 Å². The van der Waals surface area contributed by atoms with E-state index in [9.17, 15) is 13.2 Å². The van der Waals surface area contributed by atoms with Crippen molar-refractivity contribution in [2.45, 2.75) is 25.2 Å². The van der Waals surface area contributed by atoms with Gasteiger partial charge in [0.2, 0.25) is 0 Å². The fraction of sp³-hybridized carbons (Fsp3) is 0.538. The van der Waals surface area contributed by atoms with Gasteiger partial charge in [-0.1, -0.05) is 12.1 Å². The minimum Gasteiger partial charge on any atom is -0.368 e. The van der Waals surface area contributed by atoms with Crippen LogP contribution in [0.25, 0.3) is 0 Å². The Hall–Kier alpha value is -0.840. The number of hydrogen-bond acceptors (Lipinski definition) is 2. The molecule has 1 aromatic carbocycles. The van der Waals surface area contributed by atoms with E-state index >= 15 is 0 Å². The Morgan fingerprint density at radius 1 is 1.22 bits per heavy atom. The number of aryl methyl sites for hydroxylation is 1. The number of thiol groups is 1. The van der Waals surface area contributed by atoms with Gasteiger partial charge in [0.15, 0.2) is 0 Å². The molecule has 1 saturated heterocycles. The van der Waals surface area contributed by atoms with E-state index in [0.717, 1.165) is 5.56 Å². The Labute approximate surface area is 110 Å². The summed E-state index contributed by atoms with van der Waals surface area (Å²) in [5, 5.41) is 0. The number of alkyl halides is 2. The number of halogens is 3. The van der Waals surface area contributed by atoms with Crippen LogP contribution in [0.15, 0.2) is 18.2 Å². The summed E-state index contributed by atoms with van der Waals surface area (Å²) in [5.74, 6) is -2.33. The number of benzene rings is 1. The van der Waals surface area contributed by atoms with Crippen LogP contribution in [-0.4, -0.2) is 24.8 Å². The molecule has 18 heavy (non-hydrogen) atoms. The van der Waals surface area contributed by atoms with Gasteiger partial charge in [-0.3, -0.25) is 0 Å². The smallest absolute Gasteiger partial charge is 0.251 e. The monoisotopic (exact) mass is 275 g/mol. The lowest BCUT2D eigenvalue weighted by Crippen LogP contribution is -2.40. The number of piperidine rings is 1. The van der Waals surface area contributed by atoms with E-state index < -0.39 is 5.92 Å². The molecule has 0 aromatic heterocycles. The first-order valence-corrected chi connectivity index (χ1v) is 6.68. The van der Waals surface area contributed by atoms with Gasteiger partial charge in [0.1, 0.15) is 5.82 Å². The molecule has 0 spiro atoms. The van der Waals surface area contributed by atoms with Crippen LogP contribution in [0, 0.1) is 5.82 Å². The molecule has 0 N–H and O–H groups in total. The van der Waals surface area contributed by atoms with E-state index in [1.807, 2.05) is 6.07 Å². The zero-order valence-corrected chi connectivity index (χ0v) is 10.9. The molecule has 0 atom stereocenters. The summed E-state index contributed by atoms with van der Waals surface area (Å²) < 4.78 is 40.1. The topological polar surface area (TPSA) is 3.24 Å². The van der Waals surface area contributed by atoms with Gasteiger partial charge in [0.05, 0.1) is 5.69 Å². The number of anilines is 1. The summed E-state index contributed by atoms with van der Waals surface area (Å²) in [6.45, 7) is 0.404. The van der Waals surface area contributed by atoms with Gasteiger partial charge in [-0.2, -0.15) is 12.6 Å². The molecule has 0 unspecified atom stereocenters. The SMILES string of the molecule is Fc1cccc(CCS)c1N1CCC(F)(F)CC1. The van der Waals surface area contributed by atoms with Gasteiger partial charge < -0.3 is 4.90 Å². The van der Waals surface area contributed by atoms with Crippen LogP contribution in [0.3, 0.4) is 0 Å². The molecule has 1 heterocycles. The number of hydrogen-bond donors (Lipinski definition) is 1. The standard InChI is InChI=1S/C13H16F3NS/c14-11-3-1-2-10(4-9-18)12(11)17-7-5-13(15,16)6-8-17/h1-3,18H,4-9H2. The molecule has 1 aliphatic rings. The molecule has 1 nitrogen and oxygen atoms in total. The van der Waals surface area contributed by atoms with Crippen LogP contribution in [0.5, 0.6) is 0 Å². The van der Waals surface area contributed by atoms with Crippen molar-refractivity contribution in [1.82, 2.24) is 0 Å². The van der Waals surface area contributed by atoms with Crippen molar-refractivity contribution in [1.29, 1.82) is 0 Å². The predicted molar refractivity (Wildman–Crippen MR) is 70.4 cm³/mol. The molecule has 0 bridgehead atoms. The quantitative estimate of drug-likeness (QED) is 0.826. The van der Waals surface area contributed by atoms with Gasteiger partial charge in [0.25, 0.3) is 5.92 Å². The van der Waals surface area contributed by atoms with E-state index in [1.165, 1.54) is 6.07 Å². The first-order chi connectivity index (χ1) is 8.53. The highest BCUT2D eigenvalue weighted by Gasteiger charge is 2.35. The summed E-state index contributed by atoms with van der Waals surface area (Å²) in [5.41, 5.74) is 1.32. The second-order valence-electron chi connectivity index (χ2n) is 4.56. The Morgan fingerprint density at radius 2 is 1.89 bits per heavy atom. The Balaban J connectivity index is 2.22. The van der Waals surface area contributed by atoms with Crippen LogP contribution in [0.4, 0.5) is 18.9 Å². The maximum Gasteiger partial charge on any atom is 0.251 e. The second kappa shape index (κ2) is 5.43. The van der Waals surface area contributed by atoms with E-state index in [-0.39, 0.29) is 31.7 Å². The first kappa shape index (κ1) is 13.6. The van der Waals surface area contributed by atoms with Gasteiger partial charge >= 0.3 is 0 Å². The van der Waals surface area contributed by atoms with Crippen molar-refractivity contribution in [3.63, 3.8) is 0 Å². The molecular formula is C13H16F3NS. The van der Waals surface area contributed by atoms with Crippen molar-refractivity contribution in [3.05, 3.63) is 29.6 Å². The highest BCUT2D eigenvalue weighted by Crippen LogP contribution is 2.33. The average molecular weight is 275 g/mol. The van der Waals surface area contributed by atoms with Crippen molar-refractivity contribution >= 4 is 18.3 Å². The fourth-order valence-corrected chi connectivity index (χ4v) is 2.53. The molecule has 0 aliphatic carbocycles. The van der Waals surface area contributed by atoms with Crippen LogP contribution in [0.1, 0.15) is 18.4 Å². The highest BCUT2D eigenvalue weighted by molar-refractivity contribution is 7.80. The van der Waals surface area contributed by atoms with Crippen molar-refractivity contribution in [2.24, 2.45) is 0 Å². The van der Waals surface area contributed by atoms with E-state index in [4.69, 9.17) is 0 Å². The molecule has 0 amide bonds. The van der Waals surface area contributed by atoms with Crippen LogP contribution >= 0.6 is 12.6 Å². The van der Waals surface area contributed by atoms with Gasteiger partial charge in [-0.05, 0) is 23.8 Å². The van der Waals surface area contributed by atoms with Crippen molar-refractivity contribution < 1.29 is 13.2 Å². The zero-order chi connectivity index (χ0) is 13.2. The van der Waals surface area contributed by atoms with Gasteiger partial charge in [-0.15, -0.1) is 0 Å². The molecule has 1 fully saturated rings. The molecular weight excluding hydrogens is 259 g/mol. The average Bonchev–Trinajstić information content (AvgIpc) is 2.31. The maximum atomic E-state index is 13.9. The van der Waals surface area contributed by atoms with Gasteiger partial charge in [0, 0.05) is 25.9 Å². The largest absolute Gasteiger partial charge is 0.368 e. The Morgan fingerprint density at radius 3 is 2.50 bits per heavy atom. The summed E-state index contributed by atoms with van der Waals surface area (Å²) >= 11 is 4.14. The fourth-order valence-electron chi connectivity index (χ4n) is 2.29. The summed E-state index contributed by atoms with van der Waals surface area (Å²) in [7, 11) is 0. The van der Waals surface area contributed by atoms with Crippen molar-refractivity contribution in [2.75, 3.05) is 23.7 Å². The molecule has 2 rings (SSSR count). The van der Waals surface area contributed by atoms with Crippen molar-refractivity contribution in [3.8, 4) is 0 Å². The maximum absolute atomic E-state index is 13.9.